The van der Waals surface area contributed by atoms with Gasteiger partial charge in [-0.05, 0) is 59.8 Å². The van der Waals surface area contributed by atoms with Gasteiger partial charge in [-0.1, -0.05) is 37.6 Å². The van der Waals surface area contributed by atoms with E-state index in [9.17, 15) is 28.8 Å². The van der Waals surface area contributed by atoms with Crippen LogP contribution in [0.25, 0.3) is 0 Å². The van der Waals surface area contributed by atoms with Crippen LogP contribution in [0.5, 0.6) is 0 Å². The van der Waals surface area contributed by atoms with Crippen molar-refractivity contribution in [3.05, 3.63) is 0 Å². The lowest BCUT2D eigenvalue weighted by Crippen LogP contribution is -2.51. The van der Waals surface area contributed by atoms with E-state index in [2.05, 4.69) is 10.6 Å². The molecule has 0 spiro atoms. The summed E-state index contributed by atoms with van der Waals surface area (Å²) >= 11 is 0. The average molecular weight is 549 g/mol. The molecule has 1 aliphatic heterocycles. The summed E-state index contributed by atoms with van der Waals surface area (Å²) in [6.45, 7) is 10.7. The van der Waals surface area contributed by atoms with Crippen LogP contribution in [0, 0.1) is 0 Å². The Hall–Kier alpha value is -2.30. The number of likely N-dealkylation sites (tertiary alicyclic amines) is 1. The van der Waals surface area contributed by atoms with E-state index in [1.165, 1.54) is 11.8 Å². The van der Waals surface area contributed by atoms with Crippen LogP contribution in [0.3, 0.4) is 0 Å². The van der Waals surface area contributed by atoms with Gasteiger partial charge in [-0.3, -0.25) is 9.59 Å². The molecule has 1 saturated heterocycles. The molecule has 1 rings (SSSR count). The van der Waals surface area contributed by atoms with Crippen LogP contribution in [-0.2, 0) is 32.7 Å². The second-order valence-corrected chi connectivity index (χ2v) is 11.0. The fourth-order valence-corrected chi connectivity index (χ4v) is 4.51. The molecule has 0 aromatic rings. The number of carboxylic acids is 1. The maximum absolute atomic E-state index is 13.0. The summed E-state index contributed by atoms with van der Waals surface area (Å²) in [6.07, 6.45) is 1.61. The molecule has 3 N–H and O–H groups in total. The lowest BCUT2D eigenvalue weighted by molar-refractivity contribution is -0.151. The summed E-state index contributed by atoms with van der Waals surface area (Å²) in [4.78, 5) is 50.5. The Kier molecular flexibility index (Phi) is 14.0. The van der Waals surface area contributed by atoms with Crippen LogP contribution >= 0.6 is 8.25 Å². The molecule has 13 heteroatoms. The number of hydrogen-bond donors (Lipinski definition) is 3. The van der Waals surface area contributed by atoms with Gasteiger partial charge in [-0.2, -0.15) is 0 Å². The van der Waals surface area contributed by atoms with Gasteiger partial charge in [0, 0.05) is 11.1 Å². The number of rotatable bonds is 15. The van der Waals surface area contributed by atoms with E-state index in [0.717, 1.165) is 12.8 Å². The molecule has 1 heterocycles. The minimum Gasteiger partial charge on any atom is -0.480 e. The van der Waals surface area contributed by atoms with Gasteiger partial charge in [-0.15, -0.1) is 4.52 Å². The number of amides is 3. The molecule has 0 bridgehead atoms. The molecular weight excluding hydrogens is 505 g/mol. The molecule has 5 atom stereocenters. The monoisotopic (exact) mass is 548 g/mol. The minimum absolute atomic E-state index is 0.278. The van der Waals surface area contributed by atoms with Gasteiger partial charge in [0.15, 0.2) is 12.3 Å². The van der Waals surface area contributed by atoms with Crippen molar-refractivity contribution in [2.45, 2.75) is 123 Å². The van der Waals surface area contributed by atoms with Crippen LogP contribution in [-0.4, -0.2) is 70.4 Å². The first-order valence-corrected chi connectivity index (χ1v) is 14.0. The van der Waals surface area contributed by atoms with Crippen molar-refractivity contribution in [1.29, 1.82) is 0 Å². The molecule has 37 heavy (non-hydrogen) atoms. The molecule has 2 unspecified atom stereocenters. The summed E-state index contributed by atoms with van der Waals surface area (Å²) in [6, 6.07) is -1.82. The standard InChI is InChI=1S/C24H42N3O9P/c1-7-9-12-17(25-23(32)34-24(4,5)6)20(28)26-19(14-10-8-2)36-37(33)35-16(3)21(29)27-15-11-13-18(27)22(30)31/h16-19H,7-15H2,1-6H3,(H2-,25,26,28,30,31,32)/p+1/t16?,17-,18-,19-/m0/s1. The average Bonchev–Trinajstić information content (AvgIpc) is 3.28. The Morgan fingerprint density at radius 3 is 2.24 bits per heavy atom. The maximum atomic E-state index is 13.0. The molecule has 0 aromatic carbocycles. The van der Waals surface area contributed by atoms with Crippen molar-refractivity contribution < 1.29 is 42.6 Å². The normalized spacial score (nSPS) is 18.5. The zero-order valence-electron chi connectivity index (χ0n) is 22.8. The highest BCUT2D eigenvalue weighted by Gasteiger charge is 2.40. The predicted molar refractivity (Wildman–Crippen MR) is 136 cm³/mol. The molecule has 12 nitrogen and oxygen atoms in total. The van der Waals surface area contributed by atoms with E-state index in [1.807, 2.05) is 13.8 Å². The highest BCUT2D eigenvalue weighted by Crippen LogP contribution is 2.30. The Morgan fingerprint density at radius 2 is 1.68 bits per heavy atom. The van der Waals surface area contributed by atoms with Crippen molar-refractivity contribution >= 4 is 32.1 Å². The zero-order chi connectivity index (χ0) is 28.2. The van der Waals surface area contributed by atoms with Crippen molar-refractivity contribution in [2.24, 2.45) is 0 Å². The second-order valence-electron chi connectivity index (χ2n) is 10.1. The van der Waals surface area contributed by atoms with E-state index >= 15 is 0 Å². The second kappa shape index (κ2) is 15.8. The topological polar surface area (TPSA) is 161 Å². The van der Waals surface area contributed by atoms with Gasteiger partial charge >= 0.3 is 20.3 Å². The number of carbonyl (C=O) groups excluding carboxylic acids is 3. The molecule has 3 amide bonds. The molecular formula is C24H43N3O9P+. The SMILES string of the molecule is CCCC[C@H](NC(=O)OC(C)(C)C)C(=O)N[C@H](CCCC)O[P+](=O)OC(C)C(=O)N1CCC[C@H]1C(=O)O. The fraction of sp³-hybridized carbons (Fsp3) is 0.833. The van der Waals surface area contributed by atoms with Gasteiger partial charge in [0.2, 0.25) is 5.91 Å². The van der Waals surface area contributed by atoms with Crippen LogP contribution < -0.4 is 10.6 Å². The molecule has 0 radical (unpaired) electrons. The predicted octanol–water partition coefficient (Wildman–Crippen LogP) is 3.86. The highest BCUT2D eigenvalue weighted by atomic mass is 31.1. The fourth-order valence-electron chi connectivity index (χ4n) is 3.75. The van der Waals surface area contributed by atoms with Crippen LogP contribution in [0.4, 0.5) is 4.79 Å². The molecule has 0 aliphatic carbocycles. The van der Waals surface area contributed by atoms with Crippen molar-refractivity contribution in [1.82, 2.24) is 15.5 Å². The number of unbranched alkanes of at least 4 members (excludes halogenated alkanes) is 2. The van der Waals surface area contributed by atoms with Gasteiger partial charge < -0.3 is 25.4 Å². The third-order valence-corrected chi connectivity index (χ3v) is 6.52. The largest absolute Gasteiger partial charge is 0.700 e. The number of alkyl carbamates (subject to hydrolysis) is 1. The van der Waals surface area contributed by atoms with E-state index in [0.29, 0.717) is 38.5 Å². The molecule has 212 valence electrons. The van der Waals surface area contributed by atoms with Gasteiger partial charge in [-0.25, -0.2) is 9.59 Å². The maximum Gasteiger partial charge on any atom is 0.700 e. The van der Waals surface area contributed by atoms with E-state index < -0.39 is 62.1 Å². The van der Waals surface area contributed by atoms with Crippen molar-refractivity contribution in [3.63, 3.8) is 0 Å². The Balaban J connectivity index is 2.80. The van der Waals surface area contributed by atoms with E-state index in [4.69, 9.17) is 13.8 Å². The van der Waals surface area contributed by atoms with Crippen LogP contribution in [0.1, 0.15) is 92.9 Å². The number of carbonyl (C=O) groups is 4. The molecule has 0 aromatic heterocycles. The first-order chi connectivity index (χ1) is 17.3. The van der Waals surface area contributed by atoms with E-state index in [-0.39, 0.29) is 6.54 Å². The number of aliphatic carboxylic acids is 1. The van der Waals surface area contributed by atoms with Gasteiger partial charge in [0.05, 0.1) is 0 Å². The van der Waals surface area contributed by atoms with Crippen LogP contribution in [0.15, 0.2) is 0 Å². The minimum atomic E-state index is -2.82. The lowest BCUT2D eigenvalue weighted by atomic mass is 10.1. The highest BCUT2D eigenvalue weighted by molar-refractivity contribution is 7.33. The van der Waals surface area contributed by atoms with Crippen molar-refractivity contribution in [2.75, 3.05) is 6.54 Å². The lowest BCUT2D eigenvalue weighted by Gasteiger charge is -2.24. The summed E-state index contributed by atoms with van der Waals surface area (Å²) in [5.41, 5.74) is -0.730. The zero-order valence-corrected chi connectivity index (χ0v) is 23.7. The summed E-state index contributed by atoms with van der Waals surface area (Å²) < 4.78 is 28.6. The summed E-state index contributed by atoms with van der Waals surface area (Å²) in [7, 11) is -2.82. The van der Waals surface area contributed by atoms with Gasteiger partial charge in [0.25, 0.3) is 5.91 Å². The number of nitrogens with one attached hydrogen (secondary N) is 2. The quantitative estimate of drug-likeness (QED) is 0.204. The third kappa shape index (κ3) is 12.2. The first-order valence-electron chi connectivity index (χ1n) is 12.9. The first kappa shape index (κ1) is 32.7. The Bertz CT molecular complexity index is 803. The van der Waals surface area contributed by atoms with Crippen molar-refractivity contribution in [3.8, 4) is 0 Å². The number of nitrogens with zero attached hydrogens (tertiary/aromatic N) is 1. The summed E-state index contributed by atoms with van der Waals surface area (Å²) in [5.74, 6) is -2.21. The third-order valence-electron chi connectivity index (χ3n) is 5.60. The Morgan fingerprint density at radius 1 is 1.05 bits per heavy atom. The Labute approximate surface area is 220 Å². The molecule has 1 aliphatic rings. The van der Waals surface area contributed by atoms with E-state index in [1.54, 1.807) is 20.8 Å². The van der Waals surface area contributed by atoms with Gasteiger partial charge in [0.1, 0.15) is 17.7 Å². The number of carboxylic acid groups (broad SMARTS) is 1. The molecule has 1 fully saturated rings. The molecule has 0 saturated carbocycles. The summed E-state index contributed by atoms with van der Waals surface area (Å²) in [5, 5.41) is 14.6. The van der Waals surface area contributed by atoms with Crippen LogP contribution in [0.2, 0.25) is 0 Å². The number of hydrogen-bond acceptors (Lipinski definition) is 8. The smallest absolute Gasteiger partial charge is 0.480 e. The number of ether oxygens (including phenoxy) is 1.